The molecule has 2 rings (SSSR count). The van der Waals surface area contributed by atoms with Crippen LogP contribution in [0.4, 0.5) is 0 Å². The van der Waals surface area contributed by atoms with Gasteiger partial charge < -0.3 is 10.0 Å². The molecule has 1 fully saturated rings. The quantitative estimate of drug-likeness (QED) is 0.866. The highest BCUT2D eigenvalue weighted by Crippen LogP contribution is 2.22. The number of hydrogen-bond donors (Lipinski definition) is 1. The van der Waals surface area contributed by atoms with Crippen LogP contribution in [0.1, 0.15) is 44.7 Å². The molecular weight excluding hydrogens is 252 g/mol. The molecule has 0 aromatic carbocycles. The summed E-state index contributed by atoms with van der Waals surface area (Å²) in [6, 6.07) is 6.11. The van der Waals surface area contributed by atoms with Crippen LogP contribution in [0.3, 0.4) is 0 Å². The van der Waals surface area contributed by atoms with E-state index in [1.165, 1.54) is 0 Å². The van der Waals surface area contributed by atoms with Crippen LogP contribution in [0, 0.1) is 0 Å². The Morgan fingerprint density at radius 1 is 1.55 bits per heavy atom. The van der Waals surface area contributed by atoms with E-state index in [1.807, 2.05) is 23.1 Å². The first-order valence-corrected chi connectivity index (χ1v) is 7.54. The van der Waals surface area contributed by atoms with E-state index in [-0.39, 0.29) is 18.1 Å². The highest BCUT2D eigenvalue weighted by molar-refractivity contribution is 5.76. The Morgan fingerprint density at radius 2 is 2.40 bits per heavy atom. The average molecular weight is 276 g/mol. The third kappa shape index (κ3) is 4.30. The van der Waals surface area contributed by atoms with Gasteiger partial charge in [-0.05, 0) is 51.2 Å². The maximum Gasteiger partial charge on any atom is 0.222 e. The molecule has 0 bridgehead atoms. The summed E-state index contributed by atoms with van der Waals surface area (Å²) in [6.07, 6.45) is 6.51. The van der Waals surface area contributed by atoms with E-state index in [0.29, 0.717) is 12.8 Å². The minimum Gasteiger partial charge on any atom is -0.393 e. The standard InChI is InChI=1S/C16H24N2O2/c1-13(19)12-15-8-5-11-18(15)16(20)9-4-7-14-6-2-3-10-17-14/h2-3,6,10,13,15,19H,4-5,7-9,11-12H2,1H3. The second-order valence-electron chi connectivity index (χ2n) is 5.64. The van der Waals surface area contributed by atoms with E-state index in [0.717, 1.165) is 37.9 Å². The number of hydrogen-bond acceptors (Lipinski definition) is 3. The number of aliphatic hydroxyl groups excluding tert-OH is 1. The first-order chi connectivity index (χ1) is 9.66. The van der Waals surface area contributed by atoms with Crippen molar-refractivity contribution in [1.82, 2.24) is 9.88 Å². The van der Waals surface area contributed by atoms with Crippen LogP contribution < -0.4 is 0 Å². The summed E-state index contributed by atoms with van der Waals surface area (Å²) in [5.74, 6) is 0.226. The van der Waals surface area contributed by atoms with Crippen LogP contribution in [0.15, 0.2) is 24.4 Å². The van der Waals surface area contributed by atoms with Gasteiger partial charge in [-0.1, -0.05) is 6.07 Å². The van der Waals surface area contributed by atoms with Gasteiger partial charge in [-0.25, -0.2) is 0 Å². The van der Waals surface area contributed by atoms with Gasteiger partial charge in [0.2, 0.25) is 5.91 Å². The molecule has 1 aromatic rings. The highest BCUT2D eigenvalue weighted by atomic mass is 16.3. The van der Waals surface area contributed by atoms with Gasteiger partial charge in [-0.15, -0.1) is 0 Å². The van der Waals surface area contributed by atoms with Crippen LogP contribution in [0.5, 0.6) is 0 Å². The fourth-order valence-corrected chi connectivity index (χ4v) is 2.91. The summed E-state index contributed by atoms with van der Waals surface area (Å²) in [5.41, 5.74) is 1.04. The lowest BCUT2D eigenvalue weighted by Gasteiger charge is -2.25. The number of carbonyl (C=O) groups is 1. The molecule has 1 aliphatic heterocycles. The number of carbonyl (C=O) groups excluding carboxylic acids is 1. The Labute approximate surface area is 120 Å². The number of aromatic nitrogens is 1. The molecule has 0 aliphatic carbocycles. The van der Waals surface area contributed by atoms with Gasteiger partial charge in [-0.3, -0.25) is 9.78 Å². The monoisotopic (exact) mass is 276 g/mol. The molecule has 2 atom stereocenters. The first kappa shape index (κ1) is 15.0. The van der Waals surface area contributed by atoms with Gasteiger partial charge in [0, 0.05) is 30.9 Å². The zero-order valence-electron chi connectivity index (χ0n) is 12.2. The van der Waals surface area contributed by atoms with Crippen LogP contribution in [0.2, 0.25) is 0 Å². The van der Waals surface area contributed by atoms with Gasteiger partial charge >= 0.3 is 0 Å². The largest absolute Gasteiger partial charge is 0.393 e. The zero-order valence-corrected chi connectivity index (χ0v) is 12.2. The minimum absolute atomic E-state index is 0.226. The number of amides is 1. The molecular formula is C16H24N2O2. The topological polar surface area (TPSA) is 53.4 Å². The van der Waals surface area contributed by atoms with Gasteiger partial charge in [0.15, 0.2) is 0 Å². The van der Waals surface area contributed by atoms with Crippen molar-refractivity contribution in [2.75, 3.05) is 6.54 Å². The number of aryl methyl sites for hydroxylation is 1. The minimum atomic E-state index is -0.332. The van der Waals surface area contributed by atoms with Crippen LogP contribution in [-0.4, -0.2) is 39.6 Å². The van der Waals surface area contributed by atoms with Gasteiger partial charge in [0.1, 0.15) is 0 Å². The predicted molar refractivity (Wildman–Crippen MR) is 78.2 cm³/mol. The van der Waals surface area contributed by atoms with Crippen molar-refractivity contribution in [3.05, 3.63) is 30.1 Å². The van der Waals surface area contributed by atoms with Crippen LogP contribution in [0.25, 0.3) is 0 Å². The molecule has 0 radical (unpaired) electrons. The third-order valence-corrected chi connectivity index (χ3v) is 3.86. The molecule has 110 valence electrons. The fraction of sp³-hybridized carbons (Fsp3) is 0.625. The van der Waals surface area contributed by atoms with Crippen LogP contribution >= 0.6 is 0 Å². The molecule has 0 saturated carbocycles. The third-order valence-electron chi connectivity index (χ3n) is 3.86. The van der Waals surface area contributed by atoms with Crippen molar-refractivity contribution in [3.8, 4) is 0 Å². The second kappa shape index (κ2) is 7.39. The maximum absolute atomic E-state index is 12.3. The van der Waals surface area contributed by atoms with Gasteiger partial charge in [0.25, 0.3) is 0 Å². The molecule has 2 unspecified atom stereocenters. The molecule has 1 aromatic heterocycles. The zero-order chi connectivity index (χ0) is 14.4. The summed E-state index contributed by atoms with van der Waals surface area (Å²) in [5, 5.41) is 9.49. The normalized spacial score (nSPS) is 20.1. The summed E-state index contributed by atoms with van der Waals surface area (Å²) >= 11 is 0. The molecule has 0 spiro atoms. The molecule has 1 saturated heterocycles. The summed E-state index contributed by atoms with van der Waals surface area (Å²) < 4.78 is 0. The molecule has 1 amide bonds. The Morgan fingerprint density at radius 3 is 3.10 bits per heavy atom. The van der Waals surface area contributed by atoms with Crippen LogP contribution in [-0.2, 0) is 11.2 Å². The molecule has 4 heteroatoms. The van der Waals surface area contributed by atoms with E-state index in [2.05, 4.69) is 4.98 Å². The molecule has 1 N–H and O–H groups in total. The second-order valence-corrected chi connectivity index (χ2v) is 5.64. The lowest BCUT2D eigenvalue weighted by molar-refractivity contribution is -0.132. The smallest absolute Gasteiger partial charge is 0.222 e. The average Bonchev–Trinajstić information content (AvgIpc) is 2.87. The Balaban J connectivity index is 1.76. The van der Waals surface area contributed by atoms with Gasteiger partial charge in [0.05, 0.1) is 6.10 Å². The number of likely N-dealkylation sites (tertiary alicyclic amines) is 1. The van der Waals surface area contributed by atoms with Gasteiger partial charge in [-0.2, -0.15) is 0 Å². The molecule has 1 aliphatic rings. The Bertz CT molecular complexity index is 420. The highest BCUT2D eigenvalue weighted by Gasteiger charge is 2.28. The van der Waals surface area contributed by atoms with Crippen molar-refractivity contribution in [1.29, 1.82) is 0 Å². The predicted octanol–water partition coefficient (Wildman–Crippen LogP) is 2.17. The molecule has 20 heavy (non-hydrogen) atoms. The summed E-state index contributed by atoms with van der Waals surface area (Å²) in [4.78, 5) is 18.5. The van der Waals surface area contributed by atoms with Crippen molar-refractivity contribution in [2.24, 2.45) is 0 Å². The molecule has 2 heterocycles. The lowest BCUT2D eigenvalue weighted by atomic mass is 10.1. The maximum atomic E-state index is 12.3. The number of nitrogens with zero attached hydrogens (tertiary/aromatic N) is 2. The van der Waals surface area contributed by atoms with E-state index in [1.54, 1.807) is 13.1 Å². The summed E-state index contributed by atoms with van der Waals surface area (Å²) in [7, 11) is 0. The van der Waals surface area contributed by atoms with Crippen molar-refractivity contribution in [2.45, 2.75) is 57.6 Å². The Hall–Kier alpha value is -1.42. The van der Waals surface area contributed by atoms with Crippen molar-refractivity contribution < 1.29 is 9.90 Å². The number of rotatable bonds is 6. The first-order valence-electron chi connectivity index (χ1n) is 7.54. The number of pyridine rings is 1. The number of aliphatic hydroxyl groups is 1. The van der Waals surface area contributed by atoms with Crippen molar-refractivity contribution in [3.63, 3.8) is 0 Å². The summed E-state index contributed by atoms with van der Waals surface area (Å²) in [6.45, 7) is 2.64. The van der Waals surface area contributed by atoms with Crippen molar-refractivity contribution >= 4 is 5.91 Å². The van der Waals surface area contributed by atoms with E-state index in [4.69, 9.17) is 0 Å². The Kier molecular flexibility index (Phi) is 5.53. The van der Waals surface area contributed by atoms with E-state index in [9.17, 15) is 9.90 Å². The van der Waals surface area contributed by atoms with E-state index >= 15 is 0 Å². The molecule has 4 nitrogen and oxygen atoms in total. The van der Waals surface area contributed by atoms with E-state index < -0.39 is 0 Å². The SMILES string of the molecule is CC(O)CC1CCCN1C(=O)CCCc1ccccn1. The lowest BCUT2D eigenvalue weighted by Crippen LogP contribution is -2.37. The fourth-order valence-electron chi connectivity index (χ4n) is 2.91.